The van der Waals surface area contributed by atoms with Gasteiger partial charge in [-0.25, -0.2) is 0 Å². The van der Waals surface area contributed by atoms with Crippen molar-refractivity contribution in [1.82, 2.24) is 9.88 Å². The molecule has 1 aliphatic heterocycles. The Labute approximate surface area is 165 Å². The second-order valence-electron chi connectivity index (χ2n) is 7.44. The Morgan fingerprint density at radius 3 is 2.61 bits per heavy atom. The van der Waals surface area contributed by atoms with Gasteiger partial charge < -0.3 is 10.1 Å². The van der Waals surface area contributed by atoms with Crippen LogP contribution in [0.15, 0.2) is 60.8 Å². The van der Waals surface area contributed by atoms with Crippen molar-refractivity contribution in [3.8, 4) is 0 Å². The molecule has 3 aromatic rings. The summed E-state index contributed by atoms with van der Waals surface area (Å²) in [5.74, 6) is -0.116. The summed E-state index contributed by atoms with van der Waals surface area (Å²) >= 11 is 0. The van der Waals surface area contributed by atoms with E-state index in [1.54, 1.807) is 12.3 Å². The summed E-state index contributed by atoms with van der Waals surface area (Å²) in [7, 11) is 0. The molecule has 1 fully saturated rings. The maximum absolute atomic E-state index is 13.0. The highest BCUT2D eigenvalue weighted by Gasteiger charge is 2.23. The number of rotatable bonds is 4. The van der Waals surface area contributed by atoms with Crippen molar-refractivity contribution in [2.24, 2.45) is 0 Å². The van der Waals surface area contributed by atoms with Crippen molar-refractivity contribution in [3.63, 3.8) is 0 Å². The fourth-order valence-corrected chi connectivity index (χ4v) is 3.92. The van der Waals surface area contributed by atoms with Crippen LogP contribution in [0.2, 0.25) is 0 Å². The summed E-state index contributed by atoms with van der Waals surface area (Å²) in [6.45, 7) is 6.77. The first-order valence-electron chi connectivity index (χ1n) is 9.71. The zero-order valence-corrected chi connectivity index (χ0v) is 16.3. The molecule has 1 aliphatic rings. The minimum atomic E-state index is -0.116. The van der Waals surface area contributed by atoms with Gasteiger partial charge in [-0.1, -0.05) is 36.4 Å². The molecule has 0 bridgehead atoms. The zero-order chi connectivity index (χ0) is 19.5. The first kappa shape index (κ1) is 18.6. The van der Waals surface area contributed by atoms with E-state index in [0.29, 0.717) is 5.56 Å². The van der Waals surface area contributed by atoms with Crippen LogP contribution in [-0.4, -0.2) is 41.1 Å². The topological polar surface area (TPSA) is 54.5 Å². The van der Waals surface area contributed by atoms with Crippen molar-refractivity contribution in [2.75, 3.05) is 18.4 Å². The van der Waals surface area contributed by atoms with Crippen LogP contribution in [0.3, 0.4) is 0 Å². The summed E-state index contributed by atoms with van der Waals surface area (Å²) in [5, 5.41) is 3.96. The largest absolute Gasteiger partial charge is 0.373 e. The summed E-state index contributed by atoms with van der Waals surface area (Å²) in [6.07, 6.45) is 2.11. The molecule has 0 aliphatic carbocycles. The number of fused-ring (bicyclic) bond motifs is 1. The molecular formula is C23H25N3O2. The zero-order valence-electron chi connectivity index (χ0n) is 16.3. The Bertz CT molecular complexity index is 973. The lowest BCUT2D eigenvalue weighted by Gasteiger charge is -2.35. The van der Waals surface area contributed by atoms with Gasteiger partial charge in [0.05, 0.1) is 23.3 Å². The van der Waals surface area contributed by atoms with Gasteiger partial charge in [0.25, 0.3) is 5.91 Å². The molecule has 2 heterocycles. The molecule has 144 valence electrons. The van der Waals surface area contributed by atoms with Crippen LogP contribution in [-0.2, 0) is 11.3 Å². The van der Waals surface area contributed by atoms with E-state index in [1.807, 2.05) is 42.5 Å². The maximum Gasteiger partial charge on any atom is 0.256 e. The second-order valence-corrected chi connectivity index (χ2v) is 7.44. The van der Waals surface area contributed by atoms with E-state index in [1.165, 1.54) is 0 Å². The number of aromatic nitrogens is 1. The fraction of sp³-hybridized carbons (Fsp3) is 0.304. The highest BCUT2D eigenvalue weighted by atomic mass is 16.5. The van der Waals surface area contributed by atoms with Gasteiger partial charge in [-0.2, -0.15) is 0 Å². The van der Waals surface area contributed by atoms with Gasteiger partial charge >= 0.3 is 0 Å². The third kappa shape index (κ3) is 4.06. The van der Waals surface area contributed by atoms with E-state index in [4.69, 9.17) is 4.74 Å². The van der Waals surface area contributed by atoms with E-state index in [-0.39, 0.29) is 18.1 Å². The van der Waals surface area contributed by atoms with Gasteiger partial charge in [0.1, 0.15) is 0 Å². The standard InChI is InChI=1S/C23H25N3O2/c1-16-13-26(14-17(2)28-16)15-18-7-3-5-9-21(18)25-23(27)20-11-12-24-22-10-6-4-8-19(20)22/h3-12,16-17H,13-15H2,1-2H3,(H,25,27). The first-order valence-corrected chi connectivity index (χ1v) is 9.71. The Kier molecular flexibility index (Phi) is 5.37. The fourth-order valence-electron chi connectivity index (χ4n) is 3.92. The van der Waals surface area contributed by atoms with Gasteiger partial charge in [0.2, 0.25) is 0 Å². The highest BCUT2D eigenvalue weighted by Crippen LogP contribution is 2.22. The van der Waals surface area contributed by atoms with Gasteiger partial charge in [-0.15, -0.1) is 0 Å². The monoisotopic (exact) mass is 375 g/mol. The third-order valence-corrected chi connectivity index (χ3v) is 5.05. The molecule has 1 saturated heterocycles. The number of anilines is 1. The number of morpholine rings is 1. The van der Waals surface area contributed by atoms with Crippen molar-refractivity contribution in [1.29, 1.82) is 0 Å². The molecule has 2 unspecified atom stereocenters. The van der Waals surface area contributed by atoms with Crippen LogP contribution >= 0.6 is 0 Å². The van der Waals surface area contributed by atoms with Crippen LogP contribution in [0.25, 0.3) is 10.9 Å². The third-order valence-electron chi connectivity index (χ3n) is 5.05. The molecule has 0 spiro atoms. The normalized spacial score (nSPS) is 20.2. The Morgan fingerprint density at radius 1 is 1.07 bits per heavy atom. The SMILES string of the molecule is CC1CN(Cc2ccccc2NC(=O)c2ccnc3ccccc23)CC(C)O1. The molecule has 2 aromatic carbocycles. The van der Waals surface area contributed by atoms with Crippen molar-refractivity contribution in [3.05, 3.63) is 71.9 Å². The molecule has 1 amide bonds. The summed E-state index contributed by atoms with van der Waals surface area (Å²) < 4.78 is 5.83. The molecule has 2 atom stereocenters. The number of ether oxygens (including phenoxy) is 1. The van der Waals surface area contributed by atoms with Crippen molar-refractivity contribution in [2.45, 2.75) is 32.6 Å². The predicted molar refractivity (Wildman–Crippen MR) is 111 cm³/mol. The quantitative estimate of drug-likeness (QED) is 0.746. The van der Waals surface area contributed by atoms with E-state index in [0.717, 1.165) is 41.8 Å². The van der Waals surface area contributed by atoms with Gasteiger partial charge in [0.15, 0.2) is 0 Å². The summed E-state index contributed by atoms with van der Waals surface area (Å²) in [6, 6.07) is 17.5. The number of nitrogens with one attached hydrogen (secondary N) is 1. The van der Waals surface area contributed by atoms with E-state index in [9.17, 15) is 4.79 Å². The molecular weight excluding hydrogens is 350 g/mol. The minimum Gasteiger partial charge on any atom is -0.373 e. The molecule has 4 rings (SSSR count). The van der Waals surface area contributed by atoms with Crippen molar-refractivity contribution >= 4 is 22.5 Å². The second kappa shape index (κ2) is 8.09. The molecule has 1 N–H and O–H groups in total. The van der Waals surface area contributed by atoms with Gasteiger partial charge in [-0.3, -0.25) is 14.7 Å². The number of amides is 1. The molecule has 5 nitrogen and oxygen atoms in total. The van der Waals surface area contributed by atoms with E-state index in [2.05, 4.69) is 35.1 Å². The maximum atomic E-state index is 13.0. The van der Waals surface area contributed by atoms with Crippen LogP contribution in [0.4, 0.5) is 5.69 Å². The number of carbonyl (C=O) groups excluding carboxylic acids is 1. The predicted octanol–water partition coefficient (Wildman–Crippen LogP) is 4.10. The smallest absolute Gasteiger partial charge is 0.256 e. The minimum absolute atomic E-state index is 0.116. The lowest BCUT2D eigenvalue weighted by Crippen LogP contribution is -2.44. The van der Waals surface area contributed by atoms with Crippen LogP contribution < -0.4 is 5.32 Å². The lowest BCUT2D eigenvalue weighted by molar-refractivity contribution is -0.0704. The Hall–Kier alpha value is -2.76. The Balaban J connectivity index is 1.56. The average molecular weight is 375 g/mol. The van der Waals surface area contributed by atoms with Gasteiger partial charge in [0, 0.05) is 36.9 Å². The number of nitrogens with zero attached hydrogens (tertiary/aromatic N) is 2. The highest BCUT2D eigenvalue weighted by molar-refractivity contribution is 6.12. The van der Waals surface area contributed by atoms with E-state index < -0.39 is 0 Å². The number of hydrogen-bond acceptors (Lipinski definition) is 4. The number of pyridine rings is 1. The number of hydrogen-bond donors (Lipinski definition) is 1. The summed E-state index contributed by atoms with van der Waals surface area (Å²) in [4.78, 5) is 19.7. The lowest BCUT2D eigenvalue weighted by atomic mass is 10.1. The van der Waals surface area contributed by atoms with Gasteiger partial charge in [-0.05, 0) is 37.6 Å². The molecule has 28 heavy (non-hydrogen) atoms. The first-order chi connectivity index (χ1) is 13.6. The summed E-state index contributed by atoms with van der Waals surface area (Å²) in [5.41, 5.74) is 3.41. The molecule has 1 aromatic heterocycles. The number of carbonyl (C=O) groups is 1. The number of para-hydroxylation sites is 2. The molecule has 5 heteroatoms. The molecule has 0 saturated carbocycles. The van der Waals surface area contributed by atoms with Crippen molar-refractivity contribution < 1.29 is 9.53 Å². The average Bonchev–Trinajstić information content (AvgIpc) is 2.68. The molecule has 0 radical (unpaired) electrons. The van der Waals surface area contributed by atoms with Crippen LogP contribution in [0.5, 0.6) is 0 Å². The number of benzene rings is 2. The van der Waals surface area contributed by atoms with E-state index >= 15 is 0 Å². The Morgan fingerprint density at radius 2 is 1.79 bits per heavy atom. The van der Waals surface area contributed by atoms with Crippen LogP contribution in [0.1, 0.15) is 29.8 Å². The van der Waals surface area contributed by atoms with Crippen LogP contribution in [0, 0.1) is 0 Å².